The number of hydrogen-bond donors (Lipinski definition) is 1. The lowest BCUT2D eigenvalue weighted by Crippen LogP contribution is -2.49. The Bertz CT molecular complexity index is 972. The van der Waals surface area contributed by atoms with Crippen LogP contribution in [0.15, 0.2) is 48.5 Å². The van der Waals surface area contributed by atoms with Crippen molar-refractivity contribution in [2.24, 2.45) is 0 Å². The third kappa shape index (κ3) is 5.76. The van der Waals surface area contributed by atoms with Crippen LogP contribution in [-0.2, 0) is 14.6 Å². The lowest BCUT2D eigenvalue weighted by molar-refractivity contribution is -0.127. The Morgan fingerprint density at radius 1 is 1.13 bits per heavy atom. The van der Waals surface area contributed by atoms with Gasteiger partial charge >= 0.3 is 0 Å². The molecule has 3 rings (SSSR count). The zero-order valence-electron chi connectivity index (χ0n) is 16.6. The van der Waals surface area contributed by atoms with Crippen LogP contribution in [0.5, 0.6) is 5.75 Å². The molecule has 30 heavy (non-hydrogen) atoms. The van der Waals surface area contributed by atoms with E-state index in [0.717, 1.165) is 17.7 Å². The van der Waals surface area contributed by atoms with Gasteiger partial charge in [0.15, 0.2) is 21.4 Å². The molecule has 1 fully saturated rings. The van der Waals surface area contributed by atoms with Gasteiger partial charge in [-0.1, -0.05) is 30.3 Å². The number of halogens is 2. The molecule has 1 saturated heterocycles. The molecule has 1 heterocycles. The first-order chi connectivity index (χ1) is 14.2. The fraction of sp³-hybridized carbons (Fsp3) is 0.381. The van der Waals surface area contributed by atoms with E-state index in [2.05, 4.69) is 5.32 Å². The van der Waals surface area contributed by atoms with Crippen molar-refractivity contribution in [1.29, 1.82) is 0 Å². The molecule has 0 bridgehead atoms. The van der Waals surface area contributed by atoms with Crippen LogP contribution >= 0.6 is 0 Å². The Balaban J connectivity index is 1.67. The molecule has 2 aromatic rings. The summed E-state index contributed by atoms with van der Waals surface area (Å²) in [6.07, 6.45) is 0. The summed E-state index contributed by atoms with van der Waals surface area (Å²) in [7, 11) is -3.08. The second-order valence-corrected chi connectivity index (χ2v) is 9.60. The van der Waals surface area contributed by atoms with Gasteiger partial charge in [0.1, 0.15) is 18.5 Å². The zero-order valence-corrected chi connectivity index (χ0v) is 17.4. The summed E-state index contributed by atoms with van der Waals surface area (Å²) in [5, 5.41) is 2.85. The van der Waals surface area contributed by atoms with Crippen LogP contribution in [0.2, 0.25) is 0 Å². The summed E-state index contributed by atoms with van der Waals surface area (Å²) >= 11 is 0. The zero-order chi connectivity index (χ0) is 21.7. The van der Waals surface area contributed by atoms with Crippen molar-refractivity contribution in [2.75, 3.05) is 31.2 Å². The van der Waals surface area contributed by atoms with Gasteiger partial charge in [-0.05, 0) is 24.6 Å². The first-order valence-corrected chi connectivity index (χ1v) is 11.4. The van der Waals surface area contributed by atoms with Crippen LogP contribution in [0.25, 0.3) is 0 Å². The van der Waals surface area contributed by atoms with Gasteiger partial charge in [-0.15, -0.1) is 0 Å². The van der Waals surface area contributed by atoms with Crippen molar-refractivity contribution in [3.05, 3.63) is 65.7 Å². The van der Waals surface area contributed by atoms with Crippen LogP contribution in [0.4, 0.5) is 8.78 Å². The maximum atomic E-state index is 13.7. The van der Waals surface area contributed by atoms with Gasteiger partial charge in [-0.25, -0.2) is 17.2 Å². The van der Waals surface area contributed by atoms with Crippen LogP contribution in [-0.4, -0.2) is 56.5 Å². The van der Waals surface area contributed by atoms with Crippen LogP contribution in [0.1, 0.15) is 18.5 Å². The lowest BCUT2D eigenvalue weighted by Gasteiger charge is -2.34. The highest BCUT2D eigenvalue weighted by Crippen LogP contribution is 2.23. The highest BCUT2D eigenvalue weighted by Gasteiger charge is 2.33. The van der Waals surface area contributed by atoms with E-state index in [1.165, 1.54) is 6.07 Å². The number of ether oxygens (including phenoxy) is 1. The minimum Gasteiger partial charge on any atom is -0.488 e. The van der Waals surface area contributed by atoms with E-state index in [1.807, 2.05) is 35.2 Å². The smallest absolute Gasteiger partial charge is 0.242 e. The van der Waals surface area contributed by atoms with E-state index in [9.17, 15) is 22.0 Å². The summed E-state index contributed by atoms with van der Waals surface area (Å²) < 4.78 is 55.6. The quantitative estimate of drug-likeness (QED) is 0.718. The number of carbonyl (C=O) groups excluding carboxylic acids is 1. The van der Waals surface area contributed by atoms with Gasteiger partial charge in [0.2, 0.25) is 5.91 Å². The molecule has 1 aliphatic rings. The standard InChI is InChI=1S/C21H24F2N2O4S/c1-15(14-29-19-8-7-17(22)13-18(19)23)24-21(26)20(16-5-3-2-4-6-16)25-9-11-30(27,28)12-10-25/h2-8,13,15,20H,9-12,14H2,1H3,(H,24,26). The Hall–Kier alpha value is -2.52. The molecule has 9 heteroatoms. The van der Waals surface area contributed by atoms with Crippen molar-refractivity contribution >= 4 is 15.7 Å². The molecule has 1 aliphatic heterocycles. The Morgan fingerprint density at radius 2 is 1.80 bits per heavy atom. The maximum absolute atomic E-state index is 13.7. The number of nitrogens with zero attached hydrogens (tertiary/aromatic N) is 1. The highest BCUT2D eigenvalue weighted by atomic mass is 32.2. The average Bonchev–Trinajstić information content (AvgIpc) is 2.69. The van der Waals surface area contributed by atoms with Crippen molar-refractivity contribution in [1.82, 2.24) is 10.2 Å². The first kappa shape index (κ1) is 22.2. The number of sulfone groups is 1. The molecule has 0 spiro atoms. The molecule has 0 radical (unpaired) electrons. The second kappa shape index (κ2) is 9.53. The van der Waals surface area contributed by atoms with E-state index in [-0.39, 0.29) is 42.9 Å². The number of rotatable bonds is 7. The third-order valence-corrected chi connectivity index (χ3v) is 6.49. The number of benzene rings is 2. The number of carbonyl (C=O) groups is 1. The predicted molar refractivity (Wildman–Crippen MR) is 109 cm³/mol. The monoisotopic (exact) mass is 438 g/mol. The summed E-state index contributed by atoms with van der Waals surface area (Å²) in [4.78, 5) is 14.9. The molecule has 1 amide bonds. The summed E-state index contributed by atoms with van der Waals surface area (Å²) in [5.41, 5.74) is 0.756. The van der Waals surface area contributed by atoms with Gasteiger partial charge in [-0.3, -0.25) is 9.69 Å². The van der Waals surface area contributed by atoms with Crippen molar-refractivity contribution in [3.63, 3.8) is 0 Å². The molecule has 1 N–H and O–H groups in total. The highest BCUT2D eigenvalue weighted by molar-refractivity contribution is 7.91. The fourth-order valence-corrected chi connectivity index (χ4v) is 4.55. The van der Waals surface area contributed by atoms with E-state index in [1.54, 1.807) is 6.92 Å². The molecule has 0 saturated carbocycles. The fourth-order valence-electron chi connectivity index (χ4n) is 3.32. The lowest BCUT2D eigenvalue weighted by atomic mass is 10.0. The van der Waals surface area contributed by atoms with Crippen molar-refractivity contribution in [3.8, 4) is 5.75 Å². The first-order valence-electron chi connectivity index (χ1n) is 9.63. The molecule has 2 atom stereocenters. The Morgan fingerprint density at radius 3 is 2.43 bits per heavy atom. The van der Waals surface area contributed by atoms with Gasteiger partial charge in [-0.2, -0.15) is 0 Å². The summed E-state index contributed by atoms with van der Waals surface area (Å²) in [5.74, 6) is -1.90. The SMILES string of the molecule is CC(COc1ccc(F)cc1F)NC(=O)C(c1ccccc1)N1CCS(=O)(=O)CC1. The van der Waals surface area contributed by atoms with E-state index >= 15 is 0 Å². The van der Waals surface area contributed by atoms with E-state index in [0.29, 0.717) is 0 Å². The topological polar surface area (TPSA) is 75.7 Å². The molecule has 2 unspecified atom stereocenters. The molecule has 0 aliphatic carbocycles. The predicted octanol–water partition coefficient (Wildman–Crippen LogP) is 2.32. The van der Waals surface area contributed by atoms with Crippen LogP contribution in [0, 0.1) is 11.6 Å². The molecule has 6 nitrogen and oxygen atoms in total. The van der Waals surface area contributed by atoms with Gasteiger partial charge in [0.25, 0.3) is 0 Å². The molecule has 2 aromatic carbocycles. The second-order valence-electron chi connectivity index (χ2n) is 7.30. The number of amides is 1. The van der Waals surface area contributed by atoms with E-state index in [4.69, 9.17) is 4.74 Å². The normalized spacial score (nSPS) is 18.4. The largest absolute Gasteiger partial charge is 0.488 e. The van der Waals surface area contributed by atoms with Crippen LogP contribution < -0.4 is 10.1 Å². The van der Waals surface area contributed by atoms with Gasteiger partial charge in [0, 0.05) is 19.2 Å². The molecule has 162 valence electrons. The van der Waals surface area contributed by atoms with Gasteiger partial charge in [0.05, 0.1) is 17.5 Å². The van der Waals surface area contributed by atoms with Crippen LogP contribution in [0.3, 0.4) is 0 Å². The molecular formula is C21H24F2N2O4S. The molecule has 0 aromatic heterocycles. The third-order valence-electron chi connectivity index (χ3n) is 4.88. The summed E-state index contributed by atoms with van der Waals surface area (Å²) in [6, 6.07) is 11.0. The van der Waals surface area contributed by atoms with Crippen molar-refractivity contribution < 1.29 is 26.7 Å². The maximum Gasteiger partial charge on any atom is 0.242 e. The minimum absolute atomic E-state index is 0.00607. The Labute approximate surface area is 174 Å². The molecular weight excluding hydrogens is 414 g/mol. The average molecular weight is 438 g/mol. The van der Waals surface area contributed by atoms with Crippen molar-refractivity contribution in [2.45, 2.75) is 19.0 Å². The number of hydrogen-bond acceptors (Lipinski definition) is 5. The Kier molecular flexibility index (Phi) is 7.04. The van der Waals surface area contributed by atoms with Gasteiger partial charge < -0.3 is 10.1 Å². The summed E-state index contributed by atoms with van der Waals surface area (Å²) in [6.45, 7) is 2.23. The minimum atomic E-state index is -3.08. The number of nitrogens with one attached hydrogen (secondary N) is 1. The van der Waals surface area contributed by atoms with E-state index < -0.39 is 33.6 Å².